The number of anilines is 1. The summed E-state index contributed by atoms with van der Waals surface area (Å²) in [6, 6.07) is 8.74. The van der Waals surface area contributed by atoms with Gasteiger partial charge in [0.15, 0.2) is 0 Å². The van der Waals surface area contributed by atoms with Crippen molar-refractivity contribution in [3.05, 3.63) is 29.3 Å². The molecule has 1 saturated heterocycles. The van der Waals surface area contributed by atoms with Crippen molar-refractivity contribution < 1.29 is 0 Å². The molecule has 2 nitrogen and oxygen atoms in total. The summed E-state index contributed by atoms with van der Waals surface area (Å²) < 4.78 is 0. The highest BCUT2D eigenvalue weighted by Crippen LogP contribution is 2.30. The summed E-state index contributed by atoms with van der Waals surface area (Å²) in [6.07, 6.45) is 1.26. The average Bonchev–Trinajstić information content (AvgIpc) is 2.61. The van der Waals surface area contributed by atoms with E-state index in [1.54, 1.807) is 0 Å². The van der Waals surface area contributed by atoms with Gasteiger partial charge in [0.05, 0.1) is 0 Å². The van der Waals surface area contributed by atoms with Gasteiger partial charge in [0.1, 0.15) is 0 Å². The fourth-order valence-electron chi connectivity index (χ4n) is 2.56. The minimum Gasteiger partial charge on any atom is -0.368 e. The Balaban J connectivity index is 2.12. The number of hydrogen-bond acceptors (Lipinski definition) is 2. The lowest BCUT2D eigenvalue weighted by molar-refractivity contribution is 0.474. The maximum absolute atomic E-state index is 6.03. The Kier molecular flexibility index (Phi) is 3.72. The fourth-order valence-corrected chi connectivity index (χ4v) is 2.74. The lowest BCUT2D eigenvalue weighted by Crippen LogP contribution is -2.33. The molecule has 1 aromatic rings. The second-order valence-electron chi connectivity index (χ2n) is 4.52. The standard InChI is InChI=1S/C13H19ClN2/c1-10-11(9-15-2)6-7-16(10)13-5-3-4-12(14)8-13/h3-5,8,10-11,15H,6-7,9H2,1-2H3. The summed E-state index contributed by atoms with van der Waals surface area (Å²) in [7, 11) is 2.02. The van der Waals surface area contributed by atoms with Gasteiger partial charge < -0.3 is 10.2 Å². The molecule has 0 aliphatic carbocycles. The third-order valence-corrected chi connectivity index (χ3v) is 3.76. The van der Waals surface area contributed by atoms with Crippen LogP contribution in [0.4, 0.5) is 5.69 Å². The van der Waals surface area contributed by atoms with Gasteiger partial charge in [-0.05, 0) is 51.1 Å². The van der Waals surface area contributed by atoms with Crippen LogP contribution >= 0.6 is 11.6 Å². The SMILES string of the molecule is CNCC1CCN(c2cccc(Cl)c2)C1C. The van der Waals surface area contributed by atoms with Gasteiger partial charge in [-0.25, -0.2) is 0 Å². The Labute approximate surface area is 103 Å². The third-order valence-electron chi connectivity index (χ3n) is 3.52. The van der Waals surface area contributed by atoms with Crippen molar-refractivity contribution in [2.75, 3.05) is 25.0 Å². The van der Waals surface area contributed by atoms with Crippen LogP contribution in [0.15, 0.2) is 24.3 Å². The number of rotatable bonds is 3. The Morgan fingerprint density at radius 1 is 1.50 bits per heavy atom. The van der Waals surface area contributed by atoms with E-state index in [9.17, 15) is 0 Å². The van der Waals surface area contributed by atoms with Crippen LogP contribution in [0.5, 0.6) is 0 Å². The first-order chi connectivity index (χ1) is 7.72. The molecule has 2 atom stereocenters. The van der Waals surface area contributed by atoms with Crippen LogP contribution < -0.4 is 10.2 Å². The van der Waals surface area contributed by atoms with Gasteiger partial charge in [0.25, 0.3) is 0 Å². The first-order valence-electron chi connectivity index (χ1n) is 5.89. The Hall–Kier alpha value is -0.730. The van der Waals surface area contributed by atoms with E-state index in [4.69, 9.17) is 11.6 Å². The van der Waals surface area contributed by atoms with E-state index in [2.05, 4.69) is 29.3 Å². The lowest BCUT2D eigenvalue weighted by atomic mass is 10.0. The quantitative estimate of drug-likeness (QED) is 0.871. The van der Waals surface area contributed by atoms with Crippen molar-refractivity contribution in [1.82, 2.24) is 5.32 Å². The predicted octanol–water partition coefficient (Wildman–Crippen LogP) is 2.77. The summed E-state index contributed by atoms with van der Waals surface area (Å²) in [4.78, 5) is 2.45. The molecule has 2 rings (SSSR count). The molecule has 88 valence electrons. The molecule has 1 fully saturated rings. The second kappa shape index (κ2) is 5.07. The lowest BCUT2D eigenvalue weighted by Gasteiger charge is -2.26. The van der Waals surface area contributed by atoms with Gasteiger partial charge >= 0.3 is 0 Å². The van der Waals surface area contributed by atoms with Gasteiger partial charge in [-0.15, -0.1) is 0 Å². The van der Waals surface area contributed by atoms with Gasteiger partial charge in [0.2, 0.25) is 0 Å². The average molecular weight is 239 g/mol. The van der Waals surface area contributed by atoms with E-state index >= 15 is 0 Å². The molecule has 0 spiro atoms. The molecule has 1 aliphatic heterocycles. The highest BCUT2D eigenvalue weighted by atomic mass is 35.5. The van der Waals surface area contributed by atoms with Crippen LogP contribution in [0.1, 0.15) is 13.3 Å². The summed E-state index contributed by atoms with van der Waals surface area (Å²) in [5.74, 6) is 0.740. The number of benzene rings is 1. The monoisotopic (exact) mass is 238 g/mol. The molecule has 0 amide bonds. The van der Waals surface area contributed by atoms with Crippen LogP contribution in [0.2, 0.25) is 5.02 Å². The van der Waals surface area contributed by atoms with Crippen LogP contribution in [-0.4, -0.2) is 26.2 Å². The van der Waals surface area contributed by atoms with Gasteiger partial charge in [-0.1, -0.05) is 17.7 Å². The zero-order chi connectivity index (χ0) is 11.5. The summed E-state index contributed by atoms with van der Waals surface area (Å²) in [6.45, 7) is 4.53. The molecule has 2 unspecified atom stereocenters. The smallest absolute Gasteiger partial charge is 0.0426 e. The van der Waals surface area contributed by atoms with Crippen LogP contribution in [-0.2, 0) is 0 Å². The molecular weight excluding hydrogens is 220 g/mol. The minimum absolute atomic E-state index is 0.589. The molecule has 1 aliphatic rings. The minimum atomic E-state index is 0.589. The largest absolute Gasteiger partial charge is 0.368 e. The number of halogens is 1. The molecule has 0 saturated carbocycles. The van der Waals surface area contributed by atoms with E-state index in [1.165, 1.54) is 12.1 Å². The zero-order valence-corrected chi connectivity index (χ0v) is 10.7. The van der Waals surface area contributed by atoms with Crippen molar-refractivity contribution in [3.63, 3.8) is 0 Å². The number of nitrogens with one attached hydrogen (secondary N) is 1. The number of nitrogens with zero attached hydrogens (tertiary/aromatic N) is 1. The van der Waals surface area contributed by atoms with E-state index < -0.39 is 0 Å². The van der Waals surface area contributed by atoms with Crippen molar-refractivity contribution in [3.8, 4) is 0 Å². The molecule has 0 radical (unpaired) electrons. The van der Waals surface area contributed by atoms with Crippen molar-refractivity contribution in [2.24, 2.45) is 5.92 Å². The third kappa shape index (κ3) is 2.33. The first-order valence-corrected chi connectivity index (χ1v) is 6.27. The molecule has 16 heavy (non-hydrogen) atoms. The van der Waals surface area contributed by atoms with Crippen LogP contribution in [0.3, 0.4) is 0 Å². The van der Waals surface area contributed by atoms with E-state index in [1.807, 2.05) is 19.2 Å². The molecule has 0 aromatic heterocycles. The highest BCUT2D eigenvalue weighted by molar-refractivity contribution is 6.30. The van der Waals surface area contributed by atoms with Crippen LogP contribution in [0, 0.1) is 5.92 Å². The first kappa shape index (κ1) is 11.7. The highest BCUT2D eigenvalue weighted by Gasteiger charge is 2.30. The Bertz CT molecular complexity index is 354. The van der Waals surface area contributed by atoms with Gasteiger partial charge in [-0.3, -0.25) is 0 Å². The normalized spacial score (nSPS) is 25.1. The maximum atomic E-state index is 6.03. The fraction of sp³-hybridized carbons (Fsp3) is 0.538. The Morgan fingerprint density at radius 2 is 2.31 bits per heavy atom. The maximum Gasteiger partial charge on any atom is 0.0426 e. The summed E-state index contributed by atoms with van der Waals surface area (Å²) in [5, 5.41) is 4.09. The summed E-state index contributed by atoms with van der Waals surface area (Å²) in [5.41, 5.74) is 1.25. The molecule has 1 N–H and O–H groups in total. The van der Waals surface area contributed by atoms with E-state index in [0.29, 0.717) is 6.04 Å². The van der Waals surface area contributed by atoms with Crippen molar-refractivity contribution >= 4 is 17.3 Å². The molecule has 0 bridgehead atoms. The van der Waals surface area contributed by atoms with Crippen LogP contribution in [0.25, 0.3) is 0 Å². The molecular formula is C13H19ClN2. The van der Waals surface area contributed by atoms with Gasteiger partial charge in [-0.2, -0.15) is 0 Å². The number of hydrogen-bond donors (Lipinski definition) is 1. The molecule has 1 heterocycles. The molecule has 3 heteroatoms. The molecule has 1 aromatic carbocycles. The van der Waals surface area contributed by atoms with Crippen molar-refractivity contribution in [2.45, 2.75) is 19.4 Å². The predicted molar refractivity (Wildman–Crippen MR) is 70.3 cm³/mol. The van der Waals surface area contributed by atoms with E-state index in [-0.39, 0.29) is 0 Å². The van der Waals surface area contributed by atoms with Gasteiger partial charge in [0, 0.05) is 23.3 Å². The second-order valence-corrected chi connectivity index (χ2v) is 4.96. The zero-order valence-electron chi connectivity index (χ0n) is 9.91. The topological polar surface area (TPSA) is 15.3 Å². The Morgan fingerprint density at radius 3 is 3.00 bits per heavy atom. The van der Waals surface area contributed by atoms with E-state index in [0.717, 1.165) is 24.0 Å². The summed E-state index contributed by atoms with van der Waals surface area (Å²) >= 11 is 6.03. The van der Waals surface area contributed by atoms with Crippen molar-refractivity contribution in [1.29, 1.82) is 0 Å².